The zero-order valence-corrected chi connectivity index (χ0v) is 11.8. The third-order valence-electron chi connectivity index (χ3n) is 3.14. The van der Waals surface area contributed by atoms with Gasteiger partial charge in [0.25, 0.3) is 5.69 Å². The van der Waals surface area contributed by atoms with Crippen molar-refractivity contribution in [2.75, 3.05) is 0 Å². The van der Waals surface area contributed by atoms with E-state index in [4.69, 9.17) is 11.6 Å². The number of hydrogen-bond acceptors (Lipinski definition) is 3. The smallest absolute Gasteiger partial charge is 0.273 e. The molecule has 0 aromatic heterocycles. The van der Waals surface area contributed by atoms with E-state index < -0.39 is 0 Å². The van der Waals surface area contributed by atoms with E-state index in [0.717, 1.165) is 5.56 Å². The molecule has 1 N–H and O–H groups in total. The molecule has 0 aliphatic rings. The molecule has 0 heterocycles. The van der Waals surface area contributed by atoms with Crippen molar-refractivity contribution < 1.29 is 4.92 Å². The Kier molecular flexibility index (Phi) is 4.71. The average Bonchev–Trinajstić information content (AvgIpc) is 2.45. The molecule has 0 saturated heterocycles. The van der Waals surface area contributed by atoms with Crippen LogP contribution >= 0.6 is 11.6 Å². The number of para-hydroxylation sites is 1. The van der Waals surface area contributed by atoms with Crippen LogP contribution in [0.2, 0.25) is 5.02 Å². The van der Waals surface area contributed by atoms with Crippen molar-refractivity contribution in [3.05, 3.63) is 74.8 Å². The van der Waals surface area contributed by atoms with Crippen LogP contribution in [-0.2, 0) is 6.54 Å². The van der Waals surface area contributed by atoms with Crippen LogP contribution in [0.1, 0.15) is 24.1 Å². The second kappa shape index (κ2) is 6.50. The fourth-order valence-corrected chi connectivity index (χ4v) is 2.19. The van der Waals surface area contributed by atoms with Gasteiger partial charge in [0.2, 0.25) is 0 Å². The van der Waals surface area contributed by atoms with Crippen molar-refractivity contribution in [2.24, 2.45) is 0 Å². The second-order valence-electron chi connectivity index (χ2n) is 4.54. The summed E-state index contributed by atoms with van der Waals surface area (Å²) >= 11 is 5.96. The highest BCUT2D eigenvalue weighted by molar-refractivity contribution is 6.30. The summed E-state index contributed by atoms with van der Waals surface area (Å²) in [6, 6.07) is 14.4. The van der Waals surface area contributed by atoms with Gasteiger partial charge in [0.1, 0.15) is 0 Å². The zero-order valence-electron chi connectivity index (χ0n) is 11.0. The van der Waals surface area contributed by atoms with Crippen molar-refractivity contribution in [3.63, 3.8) is 0 Å². The molecule has 0 fully saturated rings. The molecule has 4 nitrogen and oxygen atoms in total. The number of nitro groups is 1. The molecular formula is C15H15ClN2O2. The molecule has 0 bridgehead atoms. The van der Waals surface area contributed by atoms with E-state index in [-0.39, 0.29) is 16.7 Å². The van der Waals surface area contributed by atoms with Crippen LogP contribution in [0.5, 0.6) is 0 Å². The van der Waals surface area contributed by atoms with Gasteiger partial charge in [0, 0.05) is 29.2 Å². The maximum atomic E-state index is 10.9. The van der Waals surface area contributed by atoms with Crippen molar-refractivity contribution in [2.45, 2.75) is 19.5 Å². The first kappa shape index (κ1) is 14.5. The molecule has 2 rings (SSSR count). The molecule has 2 aromatic carbocycles. The van der Waals surface area contributed by atoms with Crippen LogP contribution in [-0.4, -0.2) is 4.92 Å². The molecule has 0 radical (unpaired) electrons. The highest BCUT2D eigenvalue weighted by Crippen LogP contribution is 2.20. The first-order valence-electron chi connectivity index (χ1n) is 6.29. The van der Waals surface area contributed by atoms with Gasteiger partial charge >= 0.3 is 0 Å². The molecule has 20 heavy (non-hydrogen) atoms. The van der Waals surface area contributed by atoms with Crippen LogP contribution < -0.4 is 5.32 Å². The van der Waals surface area contributed by atoms with Crippen molar-refractivity contribution in [1.29, 1.82) is 0 Å². The molecule has 5 heteroatoms. The SMILES string of the molecule is C[C@@H](NCc1ccccc1[N+](=O)[O-])c1cccc(Cl)c1. The van der Waals surface area contributed by atoms with E-state index in [2.05, 4.69) is 5.32 Å². The first-order valence-corrected chi connectivity index (χ1v) is 6.67. The van der Waals surface area contributed by atoms with Crippen LogP contribution in [0.15, 0.2) is 48.5 Å². The van der Waals surface area contributed by atoms with Gasteiger partial charge in [-0.25, -0.2) is 0 Å². The third-order valence-corrected chi connectivity index (χ3v) is 3.37. The van der Waals surface area contributed by atoms with Crippen molar-refractivity contribution in [1.82, 2.24) is 5.32 Å². The number of nitrogens with one attached hydrogen (secondary N) is 1. The summed E-state index contributed by atoms with van der Waals surface area (Å²) in [7, 11) is 0. The molecule has 2 aromatic rings. The molecule has 104 valence electrons. The van der Waals surface area contributed by atoms with Gasteiger partial charge in [-0.3, -0.25) is 10.1 Å². The number of halogens is 1. The normalized spacial score (nSPS) is 12.1. The molecule has 0 saturated carbocycles. The molecule has 0 spiro atoms. The minimum Gasteiger partial charge on any atom is -0.306 e. The summed E-state index contributed by atoms with van der Waals surface area (Å²) in [5.41, 5.74) is 1.86. The second-order valence-corrected chi connectivity index (χ2v) is 4.98. The topological polar surface area (TPSA) is 55.2 Å². The van der Waals surface area contributed by atoms with Crippen LogP contribution in [0, 0.1) is 10.1 Å². The number of nitrogens with zero attached hydrogens (tertiary/aromatic N) is 1. The summed E-state index contributed by atoms with van der Waals surface area (Å²) in [5.74, 6) is 0. The van der Waals surface area contributed by atoms with Gasteiger partial charge in [0.05, 0.1) is 4.92 Å². The molecule has 0 aliphatic carbocycles. The zero-order chi connectivity index (χ0) is 14.5. The number of nitro benzene ring substituents is 1. The predicted octanol–water partition coefficient (Wildman–Crippen LogP) is 4.10. The fraction of sp³-hybridized carbons (Fsp3) is 0.200. The monoisotopic (exact) mass is 290 g/mol. The quantitative estimate of drug-likeness (QED) is 0.666. The lowest BCUT2D eigenvalue weighted by atomic mass is 10.1. The van der Waals surface area contributed by atoms with Crippen LogP contribution in [0.3, 0.4) is 0 Å². The largest absolute Gasteiger partial charge is 0.306 e. The lowest BCUT2D eigenvalue weighted by molar-refractivity contribution is -0.385. The van der Waals surface area contributed by atoms with E-state index in [0.29, 0.717) is 17.1 Å². The van der Waals surface area contributed by atoms with Gasteiger partial charge in [-0.15, -0.1) is 0 Å². The summed E-state index contributed by atoms with van der Waals surface area (Å²) in [5, 5.41) is 14.9. The van der Waals surface area contributed by atoms with E-state index >= 15 is 0 Å². The highest BCUT2D eigenvalue weighted by Gasteiger charge is 2.13. The minimum absolute atomic E-state index is 0.0634. The Morgan fingerprint density at radius 3 is 2.70 bits per heavy atom. The fourth-order valence-electron chi connectivity index (χ4n) is 2.00. The number of hydrogen-bond donors (Lipinski definition) is 1. The maximum Gasteiger partial charge on any atom is 0.273 e. The number of rotatable bonds is 5. The number of benzene rings is 2. The predicted molar refractivity (Wildman–Crippen MR) is 79.8 cm³/mol. The molecule has 0 unspecified atom stereocenters. The highest BCUT2D eigenvalue weighted by atomic mass is 35.5. The van der Waals surface area contributed by atoms with Crippen molar-refractivity contribution in [3.8, 4) is 0 Å². The third kappa shape index (κ3) is 3.56. The van der Waals surface area contributed by atoms with E-state index in [1.54, 1.807) is 18.2 Å². The standard InChI is InChI=1S/C15H15ClN2O2/c1-11(12-6-4-7-14(16)9-12)17-10-13-5-2-3-8-15(13)18(19)20/h2-9,11,17H,10H2,1H3/t11-/m1/s1. The van der Waals surface area contributed by atoms with Gasteiger partial charge in [-0.05, 0) is 24.6 Å². The molecule has 1 atom stereocenters. The summed E-state index contributed by atoms with van der Waals surface area (Å²) in [6.07, 6.45) is 0. The van der Waals surface area contributed by atoms with Gasteiger partial charge in [-0.1, -0.05) is 41.9 Å². The van der Waals surface area contributed by atoms with Crippen molar-refractivity contribution >= 4 is 17.3 Å². The Balaban J connectivity index is 2.07. The molecular weight excluding hydrogens is 276 g/mol. The van der Waals surface area contributed by atoms with E-state index in [1.807, 2.05) is 31.2 Å². The first-order chi connectivity index (χ1) is 9.58. The minimum atomic E-state index is -0.360. The maximum absolute atomic E-state index is 10.9. The summed E-state index contributed by atoms with van der Waals surface area (Å²) < 4.78 is 0. The Labute approximate surface area is 122 Å². The summed E-state index contributed by atoms with van der Waals surface area (Å²) in [6.45, 7) is 2.44. The average molecular weight is 291 g/mol. The Hall–Kier alpha value is -1.91. The van der Waals surface area contributed by atoms with Gasteiger partial charge in [-0.2, -0.15) is 0 Å². The van der Waals surface area contributed by atoms with Crippen LogP contribution in [0.25, 0.3) is 0 Å². The van der Waals surface area contributed by atoms with Crippen LogP contribution in [0.4, 0.5) is 5.69 Å². The van der Waals surface area contributed by atoms with E-state index in [9.17, 15) is 10.1 Å². The van der Waals surface area contributed by atoms with E-state index in [1.165, 1.54) is 6.07 Å². The molecule has 0 amide bonds. The molecule has 0 aliphatic heterocycles. The Morgan fingerprint density at radius 1 is 1.25 bits per heavy atom. The Morgan fingerprint density at radius 2 is 2.00 bits per heavy atom. The Bertz CT molecular complexity index is 616. The lowest BCUT2D eigenvalue weighted by Crippen LogP contribution is -2.18. The summed E-state index contributed by atoms with van der Waals surface area (Å²) in [4.78, 5) is 10.6. The lowest BCUT2D eigenvalue weighted by Gasteiger charge is -2.14. The van der Waals surface area contributed by atoms with Gasteiger partial charge in [0.15, 0.2) is 0 Å². The van der Waals surface area contributed by atoms with Gasteiger partial charge < -0.3 is 5.32 Å².